The fourth-order valence-electron chi connectivity index (χ4n) is 4.09. The number of nitrogens with one attached hydrogen (secondary N) is 1. The Kier molecular flexibility index (Phi) is 6.83. The van der Waals surface area contributed by atoms with Gasteiger partial charge in [-0.2, -0.15) is 0 Å². The molecule has 1 aromatic carbocycles. The van der Waals surface area contributed by atoms with Crippen LogP contribution in [0.15, 0.2) is 47.7 Å². The average molecular weight is 424 g/mol. The van der Waals surface area contributed by atoms with Gasteiger partial charge in [0, 0.05) is 23.1 Å². The molecule has 0 amide bonds. The number of fused-ring (bicyclic) bond motifs is 2. The largest absolute Gasteiger partial charge is 0.481 e. The zero-order valence-corrected chi connectivity index (χ0v) is 17.3. The molecule has 3 rings (SSSR count). The molecule has 1 aromatic rings. The summed E-state index contributed by atoms with van der Waals surface area (Å²) in [6, 6.07) is 7.27. The first-order valence-electron chi connectivity index (χ1n) is 9.68. The van der Waals surface area contributed by atoms with E-state index in [1.165, 1.54) is 5.57 Å². The fraction of sp³-hybridized carbons (Fsp3) is 0.476. The number of unbranched alkanes of at least 4 members (excludes halogenated alkanes) is 1. The van der Waals surface area contributed by atoms with Crippen molar-refractivity contribution >= 4 is 27.6 Å². The predicted molar refractivity (Wildman–Crippen MR) is 111 cm³/mol. The normalized spacial score (nSPS) is 21.6. The van der Waals surface area contributed by atoms with E-state index < -0.39 is 16.0 Å². The Bertz CT molecular complexity index is 891. The second kappa shape index (κ2) is 9.14. The van der Waals surface area contributed by atoms with E-state index in [9.17, 15) is 13.2 Å². The smallest absolute Gasteiger partial charge is 0.303 e. The topological polar surface area (TPSA) is 83.5 Å². The monoisotopic (exact) mass is 423 g/mol. The van der Waals surface area contributed by atoms with Gasteiger partial charge in [0.15, 0.2) is 0 Å². The molecule has 28 heavy (non-hydrogen) atoms. The van der Waals surface area contributed by atoms with E-state index >= 15 is 0 Å². The third-order valence-corrected chi connectivity index (χ3v) is 6.91. The summed E-state index contributed by atoms with van der Waals surface area (Å²) in [5.74, 6) is 0.0406. The summed E-state index contributed by atoms with van der Waals surface area (Å²) in [7, 11) is -3.40. The molecule has 2 bridgehead atoms. The highest BCUT2D eigenvalue weighted by molar-refractivity contribution is 7.89. The zero-order valence-electron chi connectivity index (χ0n) is 15.7. The van der Waals surface area contributed by atoms with E-state index in [2.05, 4.69) is 10.8 Å². The number of carboxylic acids is 1. The number of rotatable bonds is 10. The number of hydrogen-bond acceptors (Lipinski definition) is 3. The van der Waals surface area contributed by atoms with Gasteiger partial charge in [-0.05, 0) is 67.7 Å². The second-order valence-electron chi connectivity index (χ2n) is 7.64. The van der Waals surface area contributed by atoms with Crippen molar-refractivity contribution in [1.29, 1.82) is 0 Å². The molecule has 2 aliphatic carbocycles. The lowest BCUT2D eigenvalue weighted by Crippen LogP contribution is -2.28. The number of carbonyl (C=O) groups is 1. The van der Waals surface area contributed by atoms with Crippen LogP contribution in [0.25, 0.3) is 0 Å². The summed E-state index contributed by atoms with van der Waals surface area (Å²) in [5.41, 5.74) is 2.97. The van der Waals surface area contributed by atoms with Crippen molar-refractivity contribution in [3.8, 4) is 0 Å². The lowest BCUT2D eigenvalue weighted by molar-refractivity contribution is -0.137. The van der Waals surface area contributed by atoms with Crippen molar-refractivity contribution in [2.75, 3.05) is 5.75 Å². The average Bonchev–Trinajstić information content (AvgIpc) is 3.19. The molecule has 0 saturated heterocycles. The number of aliphatic carboxylic acids is 1. The minimum atomic E-state index is -3.40. The molecular weight excluding hydrogens is 398 g/mol. The molecule has 2 atom stereocenters. The van der Waals surface area contributed by atoms with Crippen LogP contribution in [-0.2, 0) is 21.2 Å². The first kappa shape index (κ1) is 20.9. The number of aryl methyl sites for hydroxylation is 1. The van der Waals surface area contributed by atoms with Crippen molar-refractivity contribution in [3.05, 3.63) is 58.3 Å². The Hall–Kier alpha value is -1.79. The van der Waals surface area contributed by atoms with Crippen LogP contribution >= 0.6 is 11.6 Å². The zero-order chi connectivity index (χ0) is 20.1. The van der Waals surface area contributed by atoms with E-state index in [-0.39, 0.29) is 18.1 Å². The molecule has 152 valence electrons. The van der Waals surface area contributed by atoms with Crippen LogP contribution < -0.4 is 4.72 Å². The van der Waals surface area contributed by atoms with Gasteiger partial charge >= 0.3 is 5.97 Å². The molecule has 0 heterocycles. The van der Waals surface area contributed by atoms with Crippen LogP contribution in [0, 0.1) is 11.8 Å². The van der Waals surface area contributed by atoms with Crippen molar-refractivity contribution in [3.63, 3.8) is 0 Å². The summed E-state index contributed by atoms with van der Waals surface area (Å²) in [5, 5.41) is 9.29. The Morgan fingerprint density at radius 1 is 1.32 bits per heavy atom. The van der Waals surface area contributed by atoms with Crippen LogP contribution in [0.1, 0.15) is 44.1 Å². The third-order valence-electron chi connectivity index (χ3n) is 5.38. The molecule has 2 N–H and O–H groups in total. The molecule has 0 aromatic heterocycles. The van der Waals surface area contributed by atoms with Gasteiger partial charge in [-0.1, -0.05) is 35.9 Å². The maximum absolute atomic E-state index is 12.5. The van der Waals surface area contributed by atoms with E-state index in [0.717, 1.165) is 36.9 Å². The summed E-state index contributed by atoms with van der Waals surface area (Å²) >= 11 is 5.96. The van der Waals surface area contributed by atoms with Crippen LogP contribution in [0.4, 0.5) is 0 Å². The van der Waals surface area contributed by atoms with Gasteiger partial charge < -0.3 is 5.11 Å². The summed E-state index contributed by atoms with van der Waals surface area (Å²) < 4.78 is 27.9. The van der Waals surface area contributed by atoms with Gasteiger partial charge in [-0.25, -0.2) is 8.42 Å². The van der Waals surface area contributed by atoms with Crippen LogP contribution in [0.5, 0.6) is 0 Å². The summed E-state index contributed by atoms with van der Waals surface area (Å²) in [4.78, 5) is 10.6. The molecule has 1 saturated carbocycles. The van der Waals surface area contributed by atoms with Crippen molar-refractivity contribution < 1.29 is 18.3 Å². The molecule has 0 spiro atoms. The van der Waals surface area contributed by atoms with Crippen molar-refractivity contribution in [1.82, 2.24) is 4.72 Å². The van der Waals surface area contributed by atoms with Gasteiger partial charge in [0.2, 0.25) is 10.0 Å². The Labute approximate surface area is 171 Å². The summed E-state index contributed by atoms with van der Waals surface area (Å²) in [6.07, 6.45) is 8.94. The highest BCUT2D eigenvalue weighted by Crippen LogP contribution is 2.47. The molecule has 0 radical (unpaired) electrons. The van der Waals surface area contributed by atoms with Gasteiger partial charge in [-0.3, -0.25) is 9.52 Å². The molecule has 2 aliphatic rings. The van der Waals surface area contributed by atoms with E-state index in [4.69, 9.17) is 16.7 Å². The number of allylic oxidation sites excluding steroid dienone is 4. The number of sulfonamides is 1. The number of hydrogen-bond donors (Lipinski definition) is 2. The number of benzene rings is 1. The minimum Gasteiger partial charge on any atom is -0.481 e. The van der Waals surface area contributed by atoms with Crippen molar-refractivity contribution in [2.45, 2.75) is 44.9 Å². The summed E-state index contributed by atoms with van der Waals surface area (Å²) in [6.45, 7) is 0. The first-order chi connectivity index (χ1) is 13.3. The number of halogens is 1. The predicted octanol–water partition coefficient (Wildman–Crippen LogP) is 4.30. The Morgan fingerprint density at radius 2 is 2.14 bits per heavy atom. The fourth-order valence-corrected chi connectivity index (χ4v) is 5.50. The SMILES string of the molecule is O=C(O)CCCC=CC1CC2CC(NS(=O)(=O)CCc3cccc(Cl)c3)=C1C2. The third kappa shape index (κ3) is 5.85. The van der Waals surface area contributed by atoms with E-state index in [0.29, 0.717) is 23.8 Å². The maximum Gasteiger partial charge on any atom is 0.303 e. The lowest BCUT2D eigenvalue weighted by atomic mass is 9.93. The highest BCUT2D eigenvalue weighted by Gasteiger charge is 2.37. The molecule has 5 nitrogen and oxygen atoms in total. The maximum atomic E-state index is 12.5. The van der Waals surface area contributed by atoms with Gasteiger partial charge in [0.05, 0.1) is 5.75 Å². The van der Waals surface area contributed by atoms with Gasteiger partial charge in [-0.15, -0.1) is 0 Å². The quantitative estimate of drug-likeness (QED) is 0.434. The minimum absolute atomic E-state index is 0.0322. The molecule has 0 aliphatic heterocycles. The van der Waals surface area contributed by atoms with Crippen LogP contribution in [0.2, 0.25) is 5.02 Å². The van der Waals surface area contributed by atoms with Gasteiger partial charge in [0.25, 0.3) is 0 Å². The van der Waals surface area contributed by atoms with Gasteiger partial charge in [0.1, 0.15) is 0 Å². The molecule has 2 unspecified atom stereocenters. The molecular formula is C21H26ClNO4S. The second-order valence-corrected chi connectivity index (χ2v) is 9.91. The van der Waals surface area contributed by atoms with Crippen LogP contribution in [0.3, 0.4) is 0 Å². The number of carboxylic acid groups (broad SMARTS) is 1. The van der Waals surface area contributed by atoms with E-state index in [1.54, 1.807) is 12.1 Å². The highest BCUT2D eigenvalue weighted by atomic mass is 35.5. The molecule has 7 heteroatoms. The van der Waals surface area contributed by atoms with Crippen molar-refractivity contribution in [2.24, 2.45) is 11.8 Å². The first-order valence-corrected chi connectivity index (χ1v) is 11.7. The Balaban J connectivity index is 1.56. The van der Waals surface area contributed by atoms with Crippen LogP contribution in [-0.4, -0.2) is 25.2 Å². The van der Waals surface area contributed by atoms with E-state index in [1.807, 2.05) is 18.2 Å². The molecule has 1 fully saturated rings. The standard InChI is InChI=1S/C21H26ClNO4S/c22-18-7-4-5-15(12-18)9-10-28(26,27)23-20-14-16-11-17(19(20)13-16)6-2-1-3-8-21(24)25/h2,4-7,12,16-17,23H,1,3,8-11,13-14H2,(H,24,25). The lowest BCUT2D eigenvalue weighted by Gasteiger charge is -2.19. The Morgan fingerprint density at radius 3 is 2.86 bits per heavy atom.